The Labute approximate surface area is 411 Å². The number of ether oxygens (including phenoxy) is 10. The van der Waals surface area contributed by atoms with Crippen molar-refractivity contribution in [3.8, 4) is 23.0 Å². The monoisotopic (exact) mass is 980 g/mol. The van der Waals surface area contributed by atoms with Crippen molar-refractivity contribution in [1.82, 2.24) is 9.80 Å². The van der Waals surface area contributed by atoms with Crippen LogP contribution in [-0.4, -0.2) is 162 Å². The maximum atomic E-state index is 13.2. The summed E-state index contributed by atoms with van der Waals surface area (Å²) in [5.74, 6) is -1.02. The van der Waals surface area contributed by atoms with Gasteiger partial charge in [-0.15, -0.1) is 0 Å². The van der Waals surface area contributed by atoms with E-state index in [0.29, 0.717) is 125 Å². The van der Waals surface area contributed by atoms with Crippen LogP contribution in [0.15, 0.2) is 23.3 Å². The van der Waals surface area contributed by atoms with Gasteiger partial charge in [0.1, 0.15) is 59.5 Å². The van der Waals surface area contributed by atoms with E-state index >= 15 is 0 Å². The molecule has 6 rings (SSSR count). The Morgan fingerprint density at radius 2 is 1.01 bits per heavy atom. The number of rotatable bonds is 27. The van der Waals surface area contributed by atoms with E-state index in [-0.39, 0.29) is 73.8 Å². The summed E-state index contributed by atoms with van der Waals surface area (Å²) >= 11 is 0. The second-order valence-electron chi connectivity index (χ2n) is 18.2. The summed E-state index contributed by atoms with van der Waals surface area (Å²) in [5, 5.41) is 21.9. The van der Waals surface area contributed by atoms with E-state index in [2.05, 4.69) is 9.80 Å². The number of fused-ring (bicyclic) bond motifs is 2. The van der Waals surface area contributed by atoms with E-state index in [1.807, 2.05) is 39.8 Å². The van der Waals surface area contributed by atoms with Gasteiger partial charge in [0, 0.05) is 87.6 Å². The molecule has 2 aromatic carbocycles. The number of morpholine rings is 2. The molecular formula is C52H72N2O16. The zero-order chi connectivity index (χ0) is 50.2. The van der Waals surface area contributed by atoms with Crippen molar-refractivity contribution in [3.05, 3.63) is 67.8 Å². The Balaban J connectivity index is 0.921. The number of allylic oxidation sites excluding steroid dienone is 4. The molecule has 0 aromatic heterocycles. The van der Waals surface area contributed by atoms with Crippen LogP contribution in [0.4, 0.5) is 0 Å². The Morgan fingerprint density at radius 3 is 1.39 bits per heavy atom. The maximum absolute atomic E-state index is 13.2. The molecule has 2 fully saturated rings. The number of hydrogen-bond acceptors (Lipinski definition) is 18. The van der Waals surface area contributed by atoms with Crippen LogP contribution < -0.4 is 9.47 Å². The third-order valence-corrected chi connectivity index (χ3v) is 13.2. The molecule has 4 heterocycles. The zero-order valence-corrected chi connectivity index (χ0v) is 41.8. The fourth-order valence-electron chi connectivity index (χ4n) is 9.13. The van der Waals surface area contributed by atoms with Gasteiger partial charge in [0.25, 0.3) is 0 Å². The highest BCUT2D eigenvalue weighted by Crippen LogP contribution is 2.43. The molecule has 0 aliphatic carbocycles. The van der Waals surface area contributed by atoms with E-state index < -0.39 is 24.1 Å². The first-order chi connectivity index (χ1) is 33.8. The molecule has 18 nitrogen and oxygen atoms in total. The fourth-order valence-corrected chi connectivity index (χ4v) is 9.13. The number of unbranched alkanes of at least 4 members (excludes halogenated alkanes) is 1. The van der Waals surface area contributed by atoms with Crippen molar-refractivity contribution in [1.29, 1.82) is 0 Å². The Kier molecular flexibility index (Phi) is 20.7. The van der Waals surface area contributed by atoms with Gasteiger partial charge in [-0.2, -0.15) is 0 Å². The molecule has 386 valence electrons. The quantitative estimate of drug-likeness (QED) is 0.0483. The zero-order valence-electron chi connectivity index (χ0n) is 41.8. The van der Waals surface area contributed by atoms with Crippen LogP contribution in [-0.2, 0) is 73.5 Å². The predicted octanol–water partition coefficient (Wildman–Crippen LogP) is 5.61. The number of hydrogen-bond donors (Lipinski definition) is 2. The number of nitrogens with zero attached hydrogens (tertiary/aromatic N) is 2. The summed E-state index contributed by atoms with van der Waals surface area (Å²) < 4.78 is 56.6. The minimum atomic E-state index is -0.551. The molecule has 2 aromatic rings. The number of esters is 4. The van der Waals surface area contributed by atoms with E-state index in [1.165, 1.54) is 14.2 Å². The third-order valence-electron chi connectivity index (χ3n) is 13.2. The second kappa shape index (κ2) is 26.8. The van der Waals surface area contributed by atoms with Gasteiger partial charge in [0.05, 0.1) is 53.9 Å². The summed E-state index contributed by atoms with van der Waals surface area (Å²) in [6.07, 6.45) is 6.17. The van der Waals surface area contributed by atoms with Gasteiger partial charge < -0.3 is 57.6 Å². The van der Waals surface area contributed by atoms with Crippen LogP contribution in [0, 0.1) is 13.8 Å². The SMILES string of the molecule is COc1c(C)c2c(c(O)c1C/C=C(\C)CCC(=O)OC(COCCCCOCC(CN1CCOCC1)OC(=O)CC/C(C)=C/Cc1c(O)c3c(c(C)c1OC)COC3=O)CN1CCOCC1)C(=O)OC2. The molecule has 0 bridgehead atoms. The van der Waals surface area contributed by atoms with Gasteiger partial charge in [0.2, 0.25) is 0 Å². The van der Waals surface area contributed by atoms with E-state index in [0.717, 1.165) is 48.5 Å². The summed E-state index contributed by atoms with van der Waals surface area (Å²) in [6, 6.07) is 0. The predicted molar refractivity (Wildman–Crippen MR) is 256 cm³/mol. The molecule has 70 heavy (non-hydrogen) atoms. The molecule has 18 heteroatoms. The lowest BCUT2D eigenvalue weighted by atomic mass is 9.94. The van der Waals surface area contributed by atoms with Gasteiger partial charge in [-0.05, 0) is 77.3 Å². The van der Waals surface area contributed by atoms with Crippen molar-refractivity contribution in [2.75, 3.05) is 106 Å². The van der Waals surface area contributed by atoms with Crippen molar-refractivity contribution in [2.45, 2.75) is 104 Å². The number of benzene rings is 2. The van der Waals surface area contributed by atoms with Crippen LogP contribution in [0.1, 0.15) is 106 Å². The van der Waals surface area contributed by atoms with Crippen LogP contribution in [0.25, 0.3) is 0 Å². The van der Waals surface area contributed by atoms with Crippen molar-refractivity contribution in [2.24, 2.45) is 0 Å². The Morgan fingerprint density at radius 1 is 0.629 bits per heavy atom. The molecule has 4 aliphatic heterocycles. The molecule has 2 atom stereocenters. The average Bonchev–Trinajstić information content (AvgIpc) is 3.95. The van der Waals surface area contributed by atoms with Crippen molar-refractivity contribution < 1.29 is 76.8 Å². The van der Waals surface area contributed by atoms with Crippen LogP contribution in [0.2, 0.25) is 0 Å². The minimum absolute atomic E-state index is 0.100. The Bertz CT molecular complexity index is 2060. The van der Waals surface area contributed by atoms with E-state index in [9.17, 15) is 29.4 Å². The summed E-state index contributed by atoms with van der Waals surface area (Å²) in [4.78, 5) is 55.4. The highest BCUT2D eigenvalue weighted by Gasteiger charge is 2.33. The van der Waals surface area contributed by atoms with E-state index in [1.54, 1.807) is 0 Å². The number of carbonyl (C=O) groups is 4. The van der Waals surface area contributed by atoms with E-state index in [4.69, 9.17) is 47.4 Å². The van der Waals surface area contributed by atoms with Gasteiger partial charge in [-0.25, -0.2) is 9.59 Å². The van der Waals surface area contributed by atoms with Crippen LogP contribution >= 0.6 is 0 Å². The lowest BCUT2D eigenvalue weighted by Crippen LogP contribution is -2.43. The molecule has 0 saturated carbocycles. The average molecular weight is 981 g/mol. The molecule has 2 saturated heterocycles. The number of aromatic hydroxyl groups is 2. The van der Waals surface area contributed by atoms with Crippen LogP contribution in [0.5, 0.6) is 23.0 Å². The second-order valence-corrected chi connectivity index (χ2v) is 18.2. The summed E-state index contributed by atoms with van der Waals surface area (Å²) in [5.41, 5.74) is 5.99. The first-order valence-electron chi connectivity index (χ1n) is 24.4. The molecule has 0 spiro atoms. The molecular weight excluding hydrogens is 909 g/mol. The fraction of sp³-hybridized carbons (Fsp3) is 0.615. The highest BCUT2D eigenvalue weighted by atomic mass is 16.6. The lowest BCUT2D eigenvalue weighted by molar-refractivity contribution is -0.155. The standard InChI is InChI=1S/C52H72N2O16/c1-33(9-13-39-47(57)45-41(31-67-51(45)59)35(3)49(39)61-5)11-15-43(55)69-37(27-53-17-23-63-24-18-53)29-65-21-7-8-22-66-30-38(28-54-19-25-64-26-20-54)70-44(56)16-12-34(2)10-14-40-48(58)46-42(32-68-52(46)60)36(4)50(40)62-6/h9-10,37-38,57-58H,7-8,11-32H2,1-6H3/b33-9+,34-10+. The number of methoxy groups -OCH3 is 2. The number of phenols is 2. The smallest absolute Gasteiger partial charge is 0.342 e. The highest BCUT2D eigenvalue weighted by molar-refractivity contribution is 5.98. The lowest BCUT2D eigenvalue weighted by Gasteiger charge is -2.30. The largest absolute Gasteiger partial charge is 0.507 e. The first kappa shape index (κ1) is 54.1. The minimum Gasteiger partial charge on any atom is -0.507 e. The molecule has 4 aliphatic rings. The van der Waals surface area contributed by atoms with Gasteiger partial charge >= 0.3 is 23.9 Å². The van der Waals surface area contributed by atoms with Crippen LogP contribution in [0.3, 0.4) is 0 Å². The molecule has 0 amide bonds. The van der Waals surface area contributed by atoms with Crippen molar-refractivity contribution in [3.63, 3.8) is 0 Å². The molecule has 2 N–H and O–H groups in total. The summed E-state index contributed by atoms with van der Waals surface area (Å²) in [6.45, 7) is 15.5. The van der Waals surface area contributed by atoms with Gasteiger partial charge in [-0.3, -0.25) is 19.4 Å². The maximum Gasteiger partial charge on any atom is 0.342 e. The van der Waals surface area contributed by atoms with Crippen molar-refractivity contribution >= 4 is 23.9 Å². The topological polar surface area (TPSA) is 208 Å². The number of carbonyl (C=O) groups excluding carboxylic acids is 4. The molecule has 2 unspecified atom stereocenters. The number of phenolic OH excluding ortho intramolecular Hbond substituents is 2. The number of cyclic esters (lactones) is 2. The first-order valence-corrected chi connectivity index (χ1v) is 24.4. The summed E-state index contributed by atoms with van der Waals surface area (Å²) in [7, 11) is 3.06. The van der Waals surface area contributed by atoms with Gasteiger partial charge in [-0.1, -0.05) is 23.3 Å². The van der Waals surface area contributed by atoms with Gasteiger partial charge in [0.15, 0.2) is 0 Å². The normalized spacial score (nSPS) is 17.4. The third kappa shape index (κ3) is 14.7. The molecule has 0 radical (unpaired) electrons. The Hall–Kier alpha value is -5.24.